The topological polar surface area (TPSA) is 29.5 Å². The number of aliphatic hydroxyl groups excluding tert-OH is 1. The fourth-order valence-corrected chi connectivity index (χ4v) is 5.99. The molecule has 0 amide bonds. The number of aliphatic hydroxyl groups is 1. The van der Waals surface area contributed by atoms with Crippen LogP contribution in [0.5, 0.6) is 0 Å². The van der Waals surface area contributed by atoms with Gasteiger partial charge in [0, 0.05) is 6.61 Å². The monoisotopic (exact) mass is 252 g/mol. The molecule has 2 nitrogen and oxygen atoms in total. The second-order valence-corrected chi connectivity index (χ2v) is 8.15. The van der Waals surface area contributed by atoms with Crippen molar-refractivity contribution in [3.05, 3.63) is 0 Å². The van der Waals surface area contributed by atoms with Crippen LogP contribution in [-0.4, -0.2) is 23.4 Å². The van der Waals surface area contributed by atoms with Gasteiger partial charge in [-0.25, -0.2) is 0 Å². The highest BCUT2D eigenvalue weighted by atomic mass is 16.5. The van der Waals surface area contributed by atoms with E-state index in [2.05, 4.69) is 27.7 Å². The summed E-state index contributed by atoms with van der Waals surface area (Å²) in [4.78, 5) is 0. The van der Waals surface area contributed by atoms with Crippen molar-refractivity contribution in [1.82, 2.24) is 0 Å². The number of fused-ring (bicyclic) bond motifs is 3. The molecule has 0 spiro atoms. The molecule has 3 fully saturated rings. The van der Waals surface area contributed by atoms with Gasteiger partial charge in [0.1, 0.15) is 0 Å². The molecule has 1 saturated heterocycles. The van der Waals surface area contributed by atoms with E-state index in [1.165, 1.54) is 19.3 Å². The van der Waals surface area contributed by atoms with E-state index < -0.39 is 0 Å². The summed E-state index contributed by atoms with van der Waals surface area (Å²) < 4.78 is 6.08. The third kappa shape index (κ3) is 1.61. The second kappa shape index (κ2) is 3.73. The summed E-state index contributed by atoms with van der Waals surface area (Å²) in [6, 6.07) is 0. The normalized spacial score (nSPS) is 54.8. The fraction of sp³-hybridized carbons (Fsp3) is 1.00. The van der Waals surface area contributed by atoms with E-state index in [9.17, 15) is 5.11 Å². The van der Waals surface area contributed by atoms with Gasteiger partial charge in [0.25, 0.3) is 0 Å². The minimum Gasteiger partial charge on any atom is -0.393 e. The number of rotatable bonds is 0. The molecule has 2 heteroatoms. The summed E-state index contributed by atoms with van der Waals surface area (Å²) in [5, 5.41) is 10.3. The Kier molecular flexibility index (Phi) is 2.68. The minimum absolute atomic E-state index is 0.0817. The van der Waals surface area contributed by atoms with Gasteiger partial charge in [-0.3, -0.25) is 0 Å². The van der Waals surface area contributed by atoms with Crippen molar-refractivity contribution in [3.63, 3.8) is 0 Å². The van der Waals surface area contributed by atoms with E-state index in [4.69, 9.17) is 4.74 Å². The lowest BCUT2D eigenvalue weighted by Gasteiger charge is -2.61. The van der Waals surface area contributed by atoms with E-state index in [0.29, 0.717) is 5.92 Å². The highest BCUT2D eigenvalue weighted by Gasteiger charge is 2.61. The zero-order valence-electron chi connectivity index (χ0n) is 12.3. The summed E-state index contributed by atoms with van der Waals surface area (Å²) in [6.07, 6.45) is 5.49. The summed E-state index contributed by atoms with van der Waals surface area (Å²) in [5.74, 6) is 1.38. The van der Waals surface area contributed by atoms with Crippen LogP contribution < -0.4 is 0 Å². The predicted molar refractivity (Wildman–Crippen MR) is 72.3 cm³/mol. The van der Waals surface area contributed by atoms with E-state index in [1.807, 2.05) is 0 Å². The first-order chi connectivity index (χ1) is 8.28. The first-order valence-corrected chi connectivity index (χ1v) is 7.60. The number of ether oxygens (including phenoxy) is 1. The largest absolute Gasteiger partial charge is 0.393 e. The van der Waals surface area contributed by atoms with Crippen LogP contribution in [0.1, 0.15) is 59.8 Å². The molecule has 0 aromatic carbocycles. The second-order valence-electron chi connectivity index (χ2n) is 8.15. The molecule has 1 heterocycles. The van der Waals surface area contributed by atoms with Crippen LogP contribution in [0, 0.1) is 22.7 Å². The Balaban J connectivity index is 2.00. The zero-order valence-corrected chi connectivity index (χ0v) is 12.3. The molecular weight excluding hydrogens is 224 g/mol. The molecule has 5 unspecified atom stereocenters. The van der Waals surface area contributed by atoms with E-state index in [-0.39, 0.29) is 22.5 Å². The highest BCUT2D eigenvalue weighted by Crippen LogP contribution is 2.64. The molecule has 5 atom stereocenters. The van der Waals surface area contributed by atoms with Crippen molar-refractivity contribution in [2.45, 2.75) is 71.5 Å². The lowest BCUT2D eigenvalue weighted by Crippen LogP contribution is -2.58. The maximum atomic E-state index is 10.3. The molecule has 104 valence electrons. The van der Waals surface area contributed by atoms with Crippen LogP contribution in [0.15, 0.2) is 0 Å². The Hall–Kier alpha value is -0.0800. The Morgan fingerprint density at radius 1 is 1.00 bits per heavy atom. The third-order valence-corrected chi connectivity index (χ3v) is 6.48. The van der Waals surface area contributed by atoms with Gasteiger partial charge in [0.2, 0.25) is 0 Å². The van der Waals surface area contributed by atoms with E-state index >= 15 is 0 Å². The van der Waals surface area contributed by atoms with Gasteiger partial charge < -0.3 is 9.84 Å². The van der Waals surface area contributed by atoms with Crippen molar-refractivity contribution >= 4 is 0 Å². The molecule has 0 radical (unpaired) electrons. The van der Waals surface area contributed by atoms with Crippen LogP contribution in [0.2, 0.25) is 0 Å². The van der Waals surface area contributed by atoms with E-state index in [0.717, 1.165) is 25.4 Å². The zero-order chi connectivity index (χ0) is 13.2. The third-order valence-electron chi connectivity index (χ3n) is 6.48. The van der Waals surface area contributed by atoms with Crippen LogP contribution in [0.3, 0.4) is 0 Å². The molecule has 3 aliphatic rings. The van der Waals surface area contributed by atoms with Gasteiger partial charge in [0.05, 0.1) is 11.7 Å². The van der Waals surface area contributed by atoms with Gasteiger partial charge in [0.15, 0.2) is 0 Å². The number of hydrogen-bond donors (Lipinski definition) is 1. The fourth-order valence-electron chi connectivity index (χ4n) is 5.99. The van der Waals surface area contributed by atoms with Crippen LogP contribution in [0.4, 0.5) is 0 Å². The lowest BCUT2D eigenvalue weighted by atomic mass is 9.45. The molecule has 1 aliphatic heterocycles. The minimum atomic E-state index is -0.121. The molecule has 2 saturated carbocycles. The lowest BCUT2D eigenvalue weighted by molar-refractivity contribution is -0.170. The summed E-state index contributed by atoms with van der Waals surface area (Å²) in [6.45, 7) is 10.4. The molecule has 1 N–H and O–H groups in total. The van der Waals surface area contributed by atoms with Crippen molar-refractivity contribution in [2.24, 2.45) is 22.7 Å². The summed E-state index contributed by atoms with van der Waals surface area (Å²) >= 11 is 0. The van der Waals surface area contributed by atoms with Gasteiger partial charge in [-0.05, 0) is 61.7 Å². The molecule has 0 bridgehead atoms. The van der Waals surface area contributed by atoms with Crippen LogP contribution >= 0.6 is 0 Å². The average Bonchev–Trinajstić information content (AvgIpc) is 2.58. The van der Waals surface area contributed by atoms with Gasteiger partial charge >= 0.3 is 0 Å². The molecular formula is C16H28O2. The van der Waals surface area contributed by atoms with Crippen molar-refractivity contribution < 1.29 is 9.84 Å². The maximum absolute atomic E-state index is 10.3. The Bertz CT molecular complexity index is 347. The highest BCUT2D eigenvalue weighted by molar-refractivity contribution is 5.10. The van der Waals surface area contributed by atoms with E-state index in [1.54, 1.807) is 0 Å². The Morgan fingerprint density at radius 3 is 2.44 bits per heavy atom. The summed E-state index contributed by atoms with van der Waals surface area (Å²) in [7, 11) is 0. The van der Waals surface area contributed by atoms with Crippen LogP contribution in [0.25, 0.3) is 0 Å². The number of hydrogen-bond acceptors (Lipinski definition) is 2. The van der Waals surface area contributed by atoms with Crippen molar-refractivity contribution in [1.29, 1.82) is 0 Å². The van der Waals surface area contributed by atoms with Gasteiger partial charge in [-0.15, -0.1) is 0 Å². The standard InChI is InChI=1S/C16H28O2/c1-14(2)9-11(17)10-15(3)12(14)5-7-16(4)13(15)6-8-18-16/h11-13,17H,5-10H2,1-4H3. The Morgan fingerprint density at radius 2 is 1.72 bits per heavy atom. The summed E-state index contributed by atoms with van der Waals surface area (Å²) in [5.41, 5.74) is 0.624. The SMILES string of the molecule is CC1(C)CC(O)CC2(C)C1CCC1(C)OCCC12. The maximum Gasteiger partial charge on any atom is 0.0688 e. The quantitative estimate of drug-likeness (QED) is 0.716. The molecule has 3 rings (SSSR count). The molecule has 2 aliphatic carbocycles. The first kappa shape index (κ1) is 12.9. The predicted octanol–water partition coefficient (Wildman–Crippen LogP) is 3.38. The van der Waals surface area contributed by atoms with Gasteiger partial charge in [-0.2, -0.15) is 0 Å². The average molecular weight is 252 g/mol. The Labute approximate surface area is 111 Å². The van der Waals surface area contributed by atoms with Crippen molar-refractivity contribution in [3.8, 4) is 0 Å². The first-order valence-electron chi connectivity index (χ1n) is 7.60. The molecule has 0 aromatic heterocycles. The smallest absolute Gasteiger partial charge is 0.0688 e. The molecule has 18 heavy (non-hydrogen) atoms. The molecule has 0 aromatic rings. The van der Waals surface area contributed by atoms with Crippen LogP contribution in [-0.2, 0) is 4.74 Å². The van der Waals surface area contributed by atoms with Gasteiger partial charge in [-0.1, -0.05) is 20.8 Å². The van der Waals surface area contributed by atoms with Crippen molar-refractivity contribution in [2.75, 3.05) is 6.61 Å².